The Morgan fingerprint density at radius 3 is 2.64 bits per heavy atom. The first-order valence-corrected chi connectivity index (χ1v) is 7.23. The Labute approximate surface area is 103 Å². The van der Waals surface area contributed by atoms with Gasteiger partial charge in [-0.15, -0.1) is 0 Å². The van der Waals surface area contributed by atoms with E-state index in [9.17, 15) is 0 Å². The Balaban J connectivity index is 3.44. The number of unbranched alkanes of at least 4 members (excludes halogenated alkanes) is 2. The van der Waals surface area contributed by atoms with Crippen molar-refractivity contribution >= 4 is 22.6 Å². The molecule has 0 spiro atoms. The highest BCUT2D eigenvalue weighted by molar-refractivity contribution is 14.1. The molecule has 0 aliphatic carbocycles. The van der Waals surface area contributed by atoms with Crippen molar-refractivity contribution in [2.75, 3.05) is 4.43 Å². The molecule has 0 saturated carbocycles. The summed E-state index contributed by atoms with van der Waals surface area (Å²) in [7, 11) is 0. The average molecular weight is 306 g/mol. The lowest BCUT2D eigenvalue weighted by Gasteiger charge is -2.03. The fourth-order valence-electron chi connectivity index (χ4n) is 1.30. The summed E-state index contributed by atoms with van der Waals surface area (Å²) >= 11 is 2.40. The summed E-state index contributed by atoms with van der Waals surface area (Å²) in [6.45, 7) is 4.56. The lowest BCUT2D eigenvalue weighted by atomic mass is 10.0. The van der Waals surface area contributed by atoms with Crippen LogP contribution in [0.15, 0.2) is 24.3 Å². The molecule has 0 amide bonds. The summed E-state index contributed by atoms with van der Waals surface area (Å²) in [5.74, 6) is 0.741. The predicted molar refractivity (Wildman–Crippen MR) is 75.1 cm³/mol. The van der Waals surface area contributed by atoms with Crippen molar-refractivity contribution in [3.05, 3.63) is 24.3 Å². The van der Waals surface area contributed by atoms with Gasteiger partial charge in [-0.2, -0.15) is 0 Å². The molecule has 0 aliphatic heterocycles. The molecule has 14 heavy (non-hydrogen) atoms. The van der Waals surface area contributed by atoms with E-state index < -0.39 is 0 Å². The van der Waals surface area contributed by atoms with E-state index in [0.717, 1.165) is 5.92 Å². The number of rotatable bonds is 8. The van der Waals surface area contributed by atoms with Crippen LogP contribution < -0.4 is 0 Å². The van der Waals surface area contributed by atoms with Crippen LogP contribution in [0, 0.1) is 5.92 Å². The smallest absolute Gasteiger partial charge is 0.00300 e. The molecule has 0 N–H and O–H groups in total. The highest BCUT2D eigenvalue weighted by Gasteiger charge is 1.94. The lowest BCUT2D eigenvalue weighted by molar-refractivity contribution is 0.576. The molecule has 0 aromatic heterocycles. The van der Waals surface area contributed by atoms with Gasteiger partial charge in [0.1, 0.15) is 0 Å². The minimum absolute atomic E-state index is 0.741. The SMILES string of the molecule is CCCCC[C@H](C)/C=C/C=C\CCI. The monoisotopic (exact) mass is 306 g/mol. The first kappa shape index (κ1) is 14.2. The van der Waals surface area contributed by atoms with Gasteiger partial charge in [0.25, 0.3) is 0 Å². The van der Waals surface area contributed by atoms with Crippen molar-refractivity contribution in [3.8, 4) is 0 Å². The van der Waals surface area contributed by atoms with E-state index in [2.05, 4.69) is 60.7 Å². The maximum atomic E-state index is 2.40. The van der Waals surface area contributed by atoms with Gasteiger partial charge in [-0.25, -0.2) is 0 Å². The second-order valence-corrected chi connectivity index (χ2v) is 4.84. The summed E-state index contributed by atoms with van der Waals surface area (Å²) in [5, 5.41) is 0. The van der Waals surface area contributed by atoms with Gasteiger partial charge in [-0.05, 0) is 18.8 Å². The zero-order valence-electron chi connectivity index (χ0n) is 9.51. The number of hydrogen-bond acceptors (Lipinski definition) is 0. The zero-order valence-corrected chi connectivity index (χ0v) is 11.7. The maximum absolute atomic E-state index is 2.40. The van der Waals surface area contributed by atoms with Crippen molar-refractivity contribution in [2.45, 2.75) is 46.0 Å². The van der Waals surface area contributed by atoms with Crippen LogP contribution in [-0.2, 0) is 0 Å². The molecule has 0 unspecified atom stereocenters. The summed E-state index contributed by atoms with van der Waals surface area (Å²) in [6.07, 6.45) is 15.5. The van der Waals surface area contributed by atoms with Crippen molar-refractivity contribution in [2.24, 2.45) is 5.92 Å². The third-order valence-electron chi connectivity index (χ3n) is 2.23. The van der Waals surface area contributed by atoms with Gasteiger partial charge in [-0.1, -0.05) is 80.0 Å². The molecule has 0 nitrogen and oxygen atoms in total. The summed E-state index contributed by atoms with van der Waals surface area (Å²) < 4.78 is 1.22. The summed E-state index contributed by atoms with van der Waals surface area (Å²) in [6, 6.07) is 0. The first-order valence-electron chi connectivity index (χ1n) is 5.70. The Bertz CT molecular complexity index is 159. The van der Waals surface area contributed by atoms with Crippen LogP contribution in [0.25, 0.3) is 0 Å². The molecule has 0 fully saturated rings. The van der Waals surface area contributed by atoms with Gasteiger partial charge in [-0.3, -0.25) is 0 Å². The van der Waals surface area contributed by atoms with E-state index in [1.54, 1.807) is 0 Å². The minimum atomic E-state index is 0.741. The topological polar surface area (TPSA) is 0 Å². The van der Waals surface area contributed by atoms with Crippen LogP contribution in [0.5, 0.6) is 0 Å². The highest BCUT2D eigenvalue weighted by Crippen LogP contribution is 2.10. The van der Waals surface area contributed by atoms with E-state index in [-0.39, 0.29) is 0 Å². The van der Waals surface area contributed by atoms with Crippen LogP contribution in [0.2, 0.25) is 0 Å². The Morgan fingerprint density at radius 1 is 1.21 bits per heavy atom. The van der Waals surface area contributed by atoms with Crippen LogP contribution in [0.4, 0.5) is 0 Å². The van der Waals surface area contributed by atoms with Gasteiger partial charge < -0.3 is 0 Å². The minimum Gasteiger partial charge on any atom is -0.0860 e. The number of halogens is 1. The van der Waals surface area contributed by atoms with Crippen LogP contribution >= 0.6 is 22.6 Å². The van der Waals surface area contributed by atoms with E-state index in [1.807, 2.05) is 0 Å². The van der Waals surface area contributed by atoms with E-state index in [4.69, 9.17) is 0 Å². The van der Waals surface area contributed by atoms with Crippen molar-refractivity contribution < 1.29 is 0 Å². The third kappa shape index (κ3) is 10.3. The van der Waals surface area contributed by atoms with Gasteiger partial charge in [0, 0.05) is 4.43 Å². The van der Waals surface area contributed by atoms with Gasteiger partial charge >= 0.3 is 0 Å². The molecule has 0 heterocycles. The van der Waals surface area contributed by atoms with Crippen LogP contribution in [0.1, 0.15) is 46.0 Å². The quantitative estimate of drug-likeness (QED) is 0.252. The highest BCUT2D eigenvalue weighted by atomic mass is 127. The molecule has 0 aromatic rings. The van der Waals surface area contributed by atoms with Gasteiger partial charge in [0.05, 0.1) is 0 Å². The second kappa shape index (κ2) is 11.3. The first-order chi connectivity index (χ1) is 6.81. The molecule has 82 valence electrons. The molecule has 1 heteroatoms. The predicted octanol–water partition coefficient (Wildman–Crippen LogP) is 5.14. The van der Waals surface area contributed by atoms with Crippen molar-refractivity contribution in [1.29, 1.82) is 0 Å². The number of alkyl halides is 1. The average Bonchev–Trinajstić information content (AvgIpc) is 2.18. The zero-order chi connectivity index (χ0) is 10.6. The van der Waals surface area contributed by atoms with Gasteiger partial charge in [0.15, 0.2) is 0 Å². The maximum Gasteiger partial charge on any atom is 0.00300 e. The summed E-state index contributed by atoms with van der Waals surface area (Å²) in [4.78, 5) is 0. The lowest BCUT2D eigenvalue weighted by Crippen LogP contribution is -1.88. The van der Waals surface area contributed by atoms with Gasteiger partial charge in [0.2, 0.25) is 0 Å². The molecular formula is C13H23I. The van der Waals surface area contributed by atoms with Crippen molar-refractivity contribution in [3.63, 3.8) is 0 Å². The molecule has 0 bridgehead atoms. The number of allylic oxidation sites excluding steroid dienone is 4. The second-order valence-electron chi connectivity index (χ2n) is 3.76. The Hall–Kier alpha value is 0.210. The normalized spacial score (nSPS) is 14.2. The fraction of sp³-hybridized carbons (Fsp3) is 0.692. The van der Waals surface area contributed by atoms with E-state index in [1.165, 1.54) is 36.5 Å². The van der Waals surface area contributed by atoms with Crippen LogP contribution in [-0.4, -0.2) is 4.43 Å². The Morgan fingerprint density at radius 2 is 2.00 bits per heavy atom. The summed E-state index contributed by atoms with van der Waals surface area (Å²) in [5.41, 5.74) is 0. The molecule has 0 aliphatic rings. The molecule has 0 radical (unpaired) electrons. The largest absolute Gasteiger partial charge is 0.0860 e. The molecular weight excluding hydrogens is 283 g/mol. The molecule has 0 aromatic carbocycles. The van der Waals surface area contributed by atoms with Crippen LogP contribution in [0.3, 0.4) is 0 Å². The van der Waals surface area contributed by atoms with Crippen molar-refractivity contribution in [1.82, 2.24) is 0 Å². The molecule has 0 saturated heterocycles. The van der Waals surface area contributed by atoms with E-state index in [0.29, 0.717) is 0 Å². The number of hydrogen-bond donors (Lipinski definition) is 0. The third-order valence-corrected chi connectivity index (χ3v) is 2.85. The fourth-order valence-corrected chi connectivity index (χ4v) is 1.66. The standard InChI is InChI=1S/C13H23I/c1-3-4-7-10-13(2)11-8-5-6-9-12-14/h5-6,8,11,13H,3-4,7,9-10,12H2,1-2H3/b6-5-,11-8+/t13-/m0/s1. The molecule has 1 atom stereocenters. The van der Waals surface area contributed by atoms with E-state index >= 15 is 0 Å². The Kier molecular flexibility index (Phi) is 11.5. The molecule has 0 rings (SSSR count).